The van der Waals surface area contributed by atoms with Crippen LogP contribution in [0.25, 0.3) is 0 Å². The number of methoxy groups -OCH3 is 1. The minimum absolute atomic E-state index is 0. The van der Waals surface area contributed by atoms with E-state index in [1.165, 1.54) is 0 Å². The van der Waals surface area contributed by atoms with E-state index in [9.17, 15) is 0 Å². The fourth-order valence-electron chi connectivity index (χ4n) is 1.03. The molecule has 0 aromatic rings. The first kappa shape index (κ1) is 14.0. The van der Waals surface area contributed by atoms with Crippen LogP contribution < -0.4 is 10.6 Å². The molecule has 70 valence electrons. The zero-order valence-corrected chi connectivity index (χ0v) is 8.26. The molecule has 1 unspecified atom stereocenters. The van der Waals surface area contributed by atoms with Crippen molar-refractivity contribution < 1.29 is 4.74 Å². The second-order valence-corrected chi connectivity index (χ2v) is 2.31. The highest BCUT2D eigenvalue weighted by atomic mass is 35.5. The molecule has 1 rings (SSSR count). The first-order chi connectivity index (χ1) is 4.43. The number of ether oxygens (including phenoxy) is 1. The second-order valence-electron chi connectivity index (χ2n) is 2.31. The summed E-state index contributed by atoms with van der Waals surface area (Å²) in [5, 5.41) is 6.61. The third-order valence-electron chi connectivity index (χ3n) is 1.49. The van der Waals surface area contributed by atoms with Crippen LogP contribution in [0, 0.1) is 0 Å². The fraction of sp³-hybridized carbons (Fsp3) is 1.00. The summed E-state index contributed by atoms with van der Waals surface area (Å²) in [4.78, 5) is 0. The molecule has 2 N–H and O–H groups in total. The molecule has 0 aromatic heterocycles. The fourth-order valence-corrected chi connectivity index (χ4v) is 1.03. The minimum atomic E-state index is 0. The van der Waals surface area contributed by atoms with E-state index in [1.807, 2.05) is 0 Å². The van der Waals surface area contributed by atoms with Gasteiger partial charge in [-0.15, -0.1) is 24.8 Å². The highest BCUT2D eigenvalue weighted by Gasteiger charge is 2.09. The van der Waals surface area contributed by atoms with Crippen molar-refractivity contribution >= 4 is 24.8 Å². The van der Waals surface area contributed by atoms with Crippen LogP contribution in [0.1, 0.15) is 0 Å². The summed E-state index contributed by atoms with van der Waals surface area (Å²) < 4.78 is 4.98. The first-order valence-electron chi connectivity index (χ1n) is 3.36. The van der Waals surface area contributed by atoms with Crippen LogP contribution in [0.2, 0.25) is 0 Å². The van der Waals surface area contributed by atoms with Crippen LogP contribution in [0.5, 0.6) is 0 Å². The standard InChI is InChI=1S/C6H14N2O.2ClH/c1-9-5-6-4-7-2-3-8-6;;/h6-8H,2-5H2,1H3;2*1H. The molecule has 5 heteroatoms. The number of piperazine rings is 1. The smallest absolute Gasteiger partial charge is 0.0628 e. The van der Waals surface area contributed by atoms with Gasteiger partial charge in [0.25, 0.3) is 0 Å². The molecule has 0 amide bonds. The van der Waals surface area contributed by atoms with Crippen molar-refractivity contribution in [3.8, 4) is 0 Å². The van der Waals surface area contributed by atoms with E-state index in [4.69, 9.17) is 4.74 Å². The minimum Gasteiger partial charge on any atom is -0.383 e. The third kappa shape index (κ3) is 5.70. The molecule has 1 heterocycles. The summed E-state index contributed by atoms with van der Waals surface area (Å²) in [6.07, 6.45) is 0. The van der Waals surface area contributed by atoms with Gasteiger partial charge in [0.1, 0.15) is 0 Å². The van der Waals surface area contributed by atoms with E-state index < -0.39 is 0 Å². The van der Waals surface area contributed by atoms with Gasteiger partial charge in [0.05, 0.1) is 6.61 Å². The Balaban J connectivity index is 0. The molecule has 1 aliphatic heterocycles. The van der Waals surface area contributed by atoms with Crippen molar-refractivity contribution in [2.45, 2.75) is 6.04 Å². The molecule has 0 aromatic carbocycles. The summed E-state index contributed by atoms with van der Waals surface area (Å²) in [5.41, 5.74) is 0. The van der Waals surface area contributed by atoms with Crippen molar-refractivity contribution in [3.63, 3.8) is 0 Å². The maximum Gasteiger partial charge on any atom is 0.0628 e. The Labute approximate surface area is 80.1 Å². The monoisotopic (exact) mass is 202 g/mol. The van der Waals surface area contributed by atoms with Crippen LogP contribution in [-0.2, 0) is 4.74 Å². The molecule has 0 aliphatic carbocycles. The SMILES string of the molecule is COCC1CNCCN1.Cl.Cl. The van der Waals surface area contributed by atoms with Gasteiger partial charge in [0.15, 0.2) is 0 Å². The summed E-state index contributed by atoms with van der Waals surface area (Å²) in [6.45, 7) is 4.00. The highest BCUT2D eigenvalue weighted by molar-refractivity contribution is 5.85. The van der Waals surface area contributed by atoms with Gasteiger partial charge < -0.3 is 15.4 Å². The Morgan fingerprint density at radius 1 is 1.36 bits per heavy atom. The second kappa shape index (κ2) is 8.56. The predicted octanol–water partition coefficient (Wildman–Crippen LogP) is 0.0378. The highest BCUT2D eigenvalue weighted by Crippen LogP contribution is 1.85. The molecule has 0 spiro atoms. The number of halogens is 2. The van der Waals surface area contributed by atoms with E-state index in [1.54, 1.807) is 7.11 Å². The van der Waals surface area contributed by atoms with Crippen LogP contribution in [-0.4, -0.2) is 39.4 Å². The van der Waals surface area contributed by atoms with E-state index in [-0.39, 0.29) is 24.8 Å². The summed E-state index contributed by atoms with van der Waals surface area (Å²) in [6, 6.07) is 0.517. The molecule has 1 aliphatic rings. The Kier molecular flexibility index (Phi) is 10.9. The largest absolute Gasteiger partial charge is 0.383 e. The summed E-state index contributed by atoms with van der Waals surface area (Å²) in [5.74, 6) is 0. The first-order valence-corrected chi connectivity index (χ1v) is 3.36. The van der Waals surface area contributed by atoms with E-state index >= 15 is 0 Å². The van der Waals surface area contributed by atoms with Crippen LogP contribution >= 0.6 is 24.8 Å². The topological polar surface area (TPSA) is 33.3 Å². The van der Waals surface area contributed by atoms with Gasteiger partial charge in [-0.25, -0.2) is 0 Å². The lowest BCUT2D eigenvalue weighted by molar-refractivity contribution is 0.159. The Morgan fingerprint density at radius 2 is 2.09 bits per heavy atom. The van der Waals surface area contributed by atoms with Gasteiger partial charge in [-0.3, -0.25) is 0 Å². The molecule has 1 fully saturated rings. The van der Waals surface area contributed by atoms with Crippen molar-refractivity contribution in [1.29, 1.82) is 0 Å². The van der Waals surface area contributed by atoms with E-state index in [2.05, 4.69) is 10.6 Å². The van der Waals surface area contributed by atoms with Gasteiger partial charge in [0, 0.05) is 32.8 Å². The molecule has 1 atom stereocenters. The van der Waals surface area contributed by atoms with Gasteiger partial charge in [-0.2, -0.15) is 0 Å². The lowest BCUT2D eigenvalue weighted by Gasteiger charge is -2.23. The number of rotatable bonds is 2. The number of hydrogen-bond donors (Lipinski definition) is 2. The maximum absolute atomic E-state index is 4.98. The molecule has 11 heavy (non-hydrogen) atoms. The Bertz CT molecular complexity index is 76.2. The zero-order chi connectivity index (χ0) is 6.53. The van der Waals surface area contributed by atoms with Crippen molar-refractivity contribution in [3.05, 3.63) is 0 Å². The van der Waals surface area contributed by atoms with E-state index in [0.29, 0.717) is 6.04 Å². The van der Waals surface area contributed by atoms with Gasteiger partial charge in [-0.05, 0) is 0 Å². The zero-order valence-electron chi connectivity index (χ0n) is 6.63. The lowest BCUT2D eigenvalue weighted by Crippen LogP contribution is -2.50. The third-order valence-corrected chi connectivity index (χ3v) is 1.49. The Morgan fingerprint density at radius 3 is 2.55 bits per heavy atom. The summed E-state index contributed by atoms with van der Waals surface area (Å²) in [7, 11) is 1.73. The van der Waals surface area contributed by atoms with E-state index in [0.717, 1.165) is 26.2 Å². The van der Waals surface area contributed by atoms with Crippen LogP contribution in [0.3, 0.4) is 0 Å². The molecule has 0 saturated carbocycles. The normalized spacial score (nSPS) is 23.2. The van der Waals surface area contributed by atoms with Crippen molar-refractivity contribution in [1.82, 2.24) is 10.6 Å². The quantitative estimate of drug-likeness (QED) is 0.664. The molecular formula is C6H16Cl2N2O. The van der Waals surface area contributed by atoms with Crippen molar-refractivity contribution in [2.75, 3.05) is 33.4 Å². The number of hydrogen-bond acceptors (Lipinski definition) is 3. The van der Waals surface area contributed by atoms with Crippen molar-refractivity contribution in [2.24, 2.45) is 0 Å². The van der Waals surface area contributed by atoms with Crippen LogP contribution in [0.15, 0.2) is 0 Å². The summed E-state index contributed by atoms with van der Waals surface area (Å²) >= 11 is 0. The molecule has 3 nitrogen and oxygen atoms in total. The number of nitrogens with one attached hydrogen (secondary N) is 2. The average Bonchev–Trinajstić information content (AvgIpc) is 1.91. The molecule has 0 radical (unpaired) electrons. The lowest BCUT2D eigenvalue weighted by atomic mass is 10.2. The molecule has 0 bridgehead atoms. The van der Waals surface area contributed by atoms with Crippen LogP contribution in [0.4, 0.5) is 0 Å². The molecular weight excluding hydrogens is 187 g/mol. The maximum atomic E-state index is 4.98. The predicted molar refractivity (Wildman–Crippen MR) is 51.0 cm³/mol. The van der Waals surface area contributed by atoms with Gasteiger partial charge >= 0.3 is 0 Å². The molecule has 1 saturated heterocycles. The van der Waals surface area contributed by atoms with Gasteiger partial charge in [0.2, 0.25) is 0 Å². The Hall–Kier alpha value is 0.460. The average molecular weight is 203 g/mol. The van der Waals surface area contributed by atoms with Gasteiger partial charge in [-0.1, -0.05) is 0 Å².